The van der Waals surface area contributed by atoms with Crippen molar-refractivity contribution in [3.05, 3.63) is 16.1 Å². The second-order valence-electron chi connectivity index (χ2n) is 5.30. The number of ether oxygens (including phenoxy) is 1. The number of methoxy groups -OCH3 is 1. The summed E-state index contributed by atoms with van der Waals surface area (Å²) in [6.07, 6.45) is 0.926. The van der Waals surface area contributed by atoms with Gasteiger partial charge in [0.2, 0.25) is 0 Å². The molecule has 0 fully saturated rings. The van der Waals surface area contributed by atoms with Gasteiger partial charge in [-0.3, -0.25) is 0 Å². The Hall–Kier alpha value is -0.490. The van der Waals surface area contributed by atoms with Crippen LogP contribution in [0.3, 0.4) is 0 Å². The maximum Gasteiger partial charge on any atom is 0.0798 e. The summed E-state index contributed by atoms with van der Waals surface area (Å²) in [5.74, 6) is 0. The fourth-order valence-electron chi connectivity index (χ4n) is 1.66. The van der Waals surface area contributed by atoms with Crippen LogP contribution in [0.1, 0.15) is 30.8 Å². The number of thiazole rings is 1. The van der Waals surface area contributed by atoms with Gasteiger partial charge in [0.05, 0.1) is 16.8 Å². The van der Waals surface area contributed by atoms with Gasteiger partial charge in [0.25, 0.3) is 0 Å². The van der Waals surface area contributed by atoms with E-state index in [-0.39, 0.29) is 11.6 Å². The predicted molar refractivity (Wildman–Crippen MR) is 76.9 cm³/mol. The molecule has 0 spiro atoms. The van der Waals surface area contributed by atoms with Crippen LogP contribution in [0.4, 0.5) is 0 Å². The summed E-state index contributed by atoms with van der Waals surface area (Å²) in [4.78, 5) is 7.88. The summed E-state index contributed by atoms with van der Waals surface area (Å²) in [5, 5.41) is 0. The molecule has 0 aromatic carbocycles. The highest BCUT2D eigenvalue weighted by atomic mass is 32.1. The third kappa shape index (κ3) is 4.31. The molecule has 5 heteroatoms. The van der Waals surface area contributed by atoms with Gasteiger partial charge in [0.15, 0.2) is 0 Å². The van der Waals surface area contributed by atoms with Crippen LogP contribution in [-0.2, 0) is 11.3 Å². The van der Waals surface area contributed by atoms with Crippen LogP contribution in [0.15, 0.2) is 5.51 Å². The van der Waals surface area contributed by atoms with Crippen molar-refractivity contribution < 1.29 is 4.74 Å². The molecule has 0 radical (unpaired) electrons. The second kappa shape index (κ2) is 6.61. The summed E-state index contributed by atoms with van der Waals surface area (Å²) in [7, 11) is 3.83. The Kier molecular flexibility index (Phi) is 5.72. The smallest absolute Gasteiger partial charge is 0.0798 e. The van der Waals surface area contributed by atoms with E-state index in [2.05, 4.69) is 23.9 Å². The Bertz CT molecular complexity index is 365. The molecule has 1 unspecified atom stereocenters. The fourth-order valence-corrected chi connectivity index (χ4v) is 2.52. The van der Waals surface area contributed by atoms with Gasteiger partial charge in [-0.1, -0.05) is 0 Å². The maximum atomic E-state index is 6.15. The third-order valence-corrected chi connectivity index (χ3v) is 4.42. The molecule has 0 aliphatic rings. The molecular weight excluding hydrogens is 246 g/mol. The lowest BCUT2D eigenvalue weighted by atomic mass is 9.96. The number of nitrogens with zero attached hydrogens (tertiary/aromatic N) is 2. The molecular formula is C13H25N3OS. The highest BCUT2D eigenvalue weighted by molar-refractivity contribution is 7.09. The Balaban J connectivity index is 2.38. The van der Waals surface area contributed by atoms with Crippen molar-refractivity contribution in [3.8, 4) is 0 Å². The van der Waals surface area contributed by atoms with E-state index < -0.39 is 0 Å². The fraction of sp³-hybridized carbons (Fsp3) is 0.769. The van der Waals surface area contributed by atoms with E-state index in [0.29, 0.717) is 0 Å². The van der Waals surface area contributed by atoms with Crippen molar-refractivity contribution >= 4 is 11.3 Å². The maximum absolute atomic E-state index is 6.15. The Morgan fingerprint density at radius 2 is 2.22 bits per heavy atom. The van der Waals surface area contributed by atoms with Crippen LogP contribution >= 0.6 is 11.3 Å². The minimum absolute atomic E-state index is 0.0486. The Labute approximate surface area is 114 Å². The summed E-state index contributed by atoms with van der Waals surface area (Å²) >= 11 is 1.71. The molecule has 0 aliphatic carbocycles. The lowest BCUT2D eigenvalue weighted by Gasteiger charge is -2.31. The zero-order valence-electron chi connectivity index (χ0n) is 12.1. The largest absolute Gasteiger partial charge is 0.377 e. The van der Waals surface area contributed by atoms with Crippen LogP contribution in [0.5, 0.6) is 0 Å². The first-order valence-electron chi connectivity index (χ1n) is 6.25. The average molecular weight is 271 g/mol. The summed E-state index contributed by atoms with van der Waals surface area (Å²) in [6, 6.07) is 0.0486. The second-order valence-corrected chi connectivity index (χ2v) is 6.24. The Morgan fingerprint density at radius 1 is 1.56 bits per heavy atom. The van der Waals surface area contributed by atoms with Gasteiger partial charge >= 0.3 is 0 Å². The highest BCUT2D eigenvalue weighted by Crippen LogP contribution is 2.17. The van der Waals surface area contributed by atoms with Crippen LogP contribution in [-0.4, -0.2) is 42.2 Å². The van der Waals surface area contributed by atoms with Gasteiger partial charge in [-0.15, -0.1) is 11.3 Å². The molecule has 0 bridgehead atoms. The van der Waals surface area contributed by atoms with E-state index in [1.54, 1.807) is 18.4 Å². The molecule has 104 valence electrons. The van der Waals surface area contributed by atoms with Crippen molar-refractivity contribution in [2.45, 2.75) is 45.4 Å². The summed E-state index contributed by atoms with van der Waals surface area (Å²) in [5.41, 5.74) is 8.92. The Morgan fingerprint density at radius 3 is 2.72 bits per heavy atom. The molecule has 2 N–H and O–H groups in total. The summed E-state index contributed by atoms with van der Waals surface area (Å²) in [6.45, 7) is 8.03. The van der Waals surface area contributed by atoms with Crippen LogP contribution in [0.25, 0.3) is 0 Å². The minimum atomic E-state index is -0.263. The van der Waals surface area contributed by atoms with Crippen LogP contribution < -0.4 is 5.73 Å². The van der Waals surface area contributed by atoms with Crippen molar-refractivity contribution in [1.29, 1.82) is 0 Å². The van der Waals surface area contributed by atoms with Crippen molar-refractivity contribution in [2.24, 2.45) is 5.73 Å². The number of nitrogens with two attached hydrogens (primary N) is 1. The molecule has 1 atom stereocenters. The van der Waals surface area contributed by atoms with Crippen LogP contribution in [0, 0.1) is 6.92 Å². The SMILES string of the molecule is COC(C)(C)C(N)CCN(C)Cc1scnc1C. The third-order valence-electron chi connectivity index (χ3n) is 3.50. The van der Waals surface area contributed by atoms with Gasteiger partial charge in [0.1, 0.15) is 0 Å². The number of hydrogen-bond acceptors (Lipinski definition) is 5. The molecule has 1 aromatic heterocycles. The molecule has 18 heavy (non-hydrogen) atoms. The van der Waals surface area contributed by atoms with Gasteiger partial charge < -0.3 is 15.4 Å². The molecule has 1 rings (SSSR count). The average Bonchev–Trinajstić information content (AvgIpc) is 2.72. The first-order chi connectivity index (χ1) is 8.36. The zero-order valence-corrected chi connectivity index (χ0v) is 12.9. The van der Waals surface area contributed by atoms with Gasteiger partial charge in [0, 0.05) is 24.6 Å². The topological polar surface area (TPSA) is 51.4 Å². The lowest BCUT2D eigenvalue weighted by molar-refractivity contribution is -0.00332. The number of hydrogen-bond donors (Lipinski definition) is 1. The first kappa shape index (κ1) is 15.6. The monoisotopic (exact) mass is 271 g/mol. The predicted octanol–water partition coefficient (Wildman–Crippen LogP) is 2.03. The summed E-state index contributed by atoms with van der Waals surface area (Å²) < 4.78 is 5.41. The van der Waals surface area contributed by atoms with Crippen molar-refractivity contribution in [3.63, 3.8) is 0 Å². The quantitative estimate of drug-likeness (QED) is 0.824. The molecule has 1 aromatic rings. The van der Waals surface area contributed by atoms with Crippen molar-refractivity contribution in [1.82, 2.24) is 9.88 Å². The number of aromatic nitrogens is 1. The zero-order chi connectivity index (χ0) is 13.8. The molecule has 0 saturated carbocycles. The number of rotatable bonds is 7. The van der Waals surface area contributed by atoms with Gasteiger partial charge in [-0.05, 0) is 40.8 Å². The molecule has 4 nitrogen and oxygen atoms in total. The molecule has 0 aliphatic heterocycles. The van der Waals surface area contributed by atoms with Crippen molar-refractivity contribution in [2.75, 3.05) is 20.7 Å². The molecule has 1 heterocycles. The first-order valence-corrected chi connectivity index (χ1v) is 7.13. The minimum Gasteiger partial charge on any atom is -0.377 e. The lowest BCUT2D eigenvalue weighted by Crippen LogP contribution is -2.46. The van der Waals surface area contributed by atoms with E-state index in [0.717, 1.165) is 25.2 Å². The van der Waals surface area contributed by atoms with E-state index in [4.69, 9.17) is 10.5 Å². The van der Waals surface area contributed by atoms with Gasteiger partial charge in [-0.25, -0.2) is 4.98 Å². The van der Waals surface area contributed by atoms with E-state index in [1.807, 2.05) is 19.4 Å². The number of aryl methyl sites for hydroxylation is 1. The van der Waals surface area contributed by atoms with E-state index in [1.165, 1.54) is 4.88 Å². The normalized spacial score (nSPS) is 14.2. The molecule has 0 saturated heterocycles. The van der Waals surface area contributed by atoms with E-state index >= 15 is 0 Å². The van der Waals surface area contributed by atoms with E-state index in [9.17, 15) is 0 Å². The highest BCUT2D eigenvalue weighted by Gasteiger charge is 2.25. The van der Waals surface area contributed by atoms with Crippen LogP contribution in [0.2, 0.25) is 0 Å². The molecule has 0 amide bonds. The standard InChI is InChI=1S/C13H25N3OS/c1-10-11(18-9-15-10)8-16(4)7-6-12(14)13(2,3)17-5/h9,12H,6-8,14H2,1-5H3. The van der Waals surface area contributed by atoms with Gasteiger partial charge in [-0.2, -0.15) is 0 Å².